The first-order valence-electron chi connectivity index (χ1n) is 4.52. The summed E-state index contributed by atoms with van der Waals surface area (Å²) < 4.78 is 8.09. The zero-order valence-corrected chi connectivity index (χ0v) is 7.29. The Hall–Kier alpha value is -0.370. The minimum atomic E-state index is 0.427. The van der Waals surface area contributed by atoms with Crippen LogP contribution in [0.25, 0.3) is 0 Å². The fourth-order valence-electron chi connectivity index (χ4n) is 1.87. The molecule has 62 valence electrons. The fourth-order valence-corrected chi connectivity index (χ4v) is 1.87. The molecule has 1 fully saturated rings. The summed E-state index contributed by atoms with van der Waals surface area (Å²) in [6.45, 7) is 5.58. The van der Waals surface area contributed by atoms with Gasteiger partial charge in [0.2, 0.25) is 0 Å². The summed E-state index contributed by atoms with van der Waals surface area (Å²) in [5.74, 6) is 0. The van der Waals surface area contributed by atoms with E-state index in [1.807, 2.05) is 0 Å². The summed E-state index contributed by atoms with van der Waals surface area (Å²) in [5.41, 5.74) is 0. The summed E-state index contributed by atoms with van der Waals surface area (Å²) in [6.07, 6.45) is 5.69. The summed E-state index contributed by atoms with van der Waals surface area (Å²) in [4.78, 5) is 0. The molecular weight excluding hydrogens is 138 g/mol. The summed E-state index contributed by atoms with van der Waals surface area (Å²) >= 11 is 0. The van der Waals surface area contributed by atoms with Gasteiger partial charge in [0, 0.05) is 0 Å². The molecule has 2 atom stereocenters. The molecule has 11 heavy (non-hydrogen) atoms. The third kappa shape index (κ3) is 1.32. The van der Waals surface area contributed by atoms with E-state index in [1.54, 1.807) is 0 Å². The first kappa shape index (κ1) is 7.29. The maximum absolute atomic E-state index is 5.68. The molecule has 0 saturated carbocycles. The van der Waals surface area contributed by atoms with Crippen molar-refractivity contribution in [2.45, 2.75) is 44.9 Å². The lowest BCUT2D eigenvalue weighted by Crippen LogP contribution is -2.37. The molecule has 2 heteroatoms. The third-order valence-corrected chi connectivity index (χ3v) is 2.58. The lowest BCUT2D eigenvalue weighted by atomic mass is 10.2. The van der Waals surface area contributed by atoms with Gasteiger partial charge in [-0.25, -0.2) is 4.58 Å². The highest BCUT2D eigenvalue weighted by Crippen LogP contribution is 2.22. The Morgan fingerprint density at radius 2 is 2.27 bits per heavy atom. The van der Waals surface area contributed by atoms with Crippen LogP contribution in [-0.2, 0) is 4.74 Å². The third-order valence-electron chi connectivity index (χ3n) is 2.58. The molecule has 2 heterocycles. The van der Waals surface area contributed by atoms with Gasteiger partial charge in [-0.15, -0.1) is 0 Å². The molecule has 0 radical (unpaired) electrons. The van der Waals surface area contributed by atoms with Crippen molar-refractivity contribution in [2.75, 3.05) is 6.54 Å². The van der Waals surface area contributed by atoms with Crippen LogP contribution in [0.2, 0.25) is 0 Å². The van der Waals surface area contributed by atoms with Gasteiger partial charge in [0.25, 0.3) is 0 Å². The van der Waals surface area contributed by atoms with Crippen molar-refractivity contribution in [2.24, 2.45) is 0 Å². The minimum Gasteiger partial charge on any atom is -0.358 e. The van der Waals surface area contributed by atoms with Gasteiger partial charge in [-0.1, -0.05) is 0 Å². The van der Waals surface area contributed by atoms with E-state index in [2.05, 4.69) is 24.6 Å². The molecule has 0 spiro atoms. The van der Waals surface area contributed by atoms with Gasteiger partial charge in [-0.05, 0) is 26.7 Å². The Kier molecular flexibility index (Phi) is 1.72. The lowest BCUT2D eigenvalue weighted by molar-refractivity contribution is -0.570. The van der Waals surface area contributed by atoms with Crippen molar-refractivity contribution < 1.29 is 9.31 Å². The normalized spacial score (nSPS) is 36.1. The molecule has 0 aliphatic carbocycles. The Labute approximate surface area is 67.9 Å². The van der Waals surface area contributed by atoms with E-state index in [4.69, 9.17) is 4.74 Å². The standard InChI is InChI=1S/C9H16NO/c1-7(2)10-5-8-3-4-9(6-10)11-8/h5,7-9H,3-4,6H2,1-2H3/q+1. The van der Waals surface area contributed by atoms with Crippen molar-refractivity contribution in [3.63, 3.8) is 0 Å². The molecule has 0 aromatic carbocycles. The largest absolute Gasteiger partial charge is 0.358 e. The Balaban J connectivity index is 2.13. The van der Waals surface area contributed by atoms with Gasteiger partial charge in [0.05, 0.1) is 0 Å². The molecule has 0 amide bonds. The highest BCUT2D eigenvalue weighted by Gasteiger charge is 2.35. The highest BCUT2D eigenvalue weighted by molar-refractivity contribution is 5.58. The second-order valence-corrected chi connectivity index (χ2v) is 3.81. The number of ether oxygens (including phenoxy) is 1. The minimum absolute atomic E-state index is 0.427. The van der Waals surface area contributed by atoms with Gasteiger partial charge < -0.3 is 4.74 Å². The van der Waals surface area contributed by atoms with Gasteiger partial charge in [-0.2, -0.15) is 0 Å². The monoisotopic (exact) mass is 154 g/mol. The zero-order chi connectivity index (χ0) is 7.84. The average Bonchev–Trinajstić information content (AvgIpc) is 2.30. The van der Waals surface area contributed by atoms with Crippen molar-refractivity contribution in [1.82, 2.24) is 0 Å². The van der Waals surface area contributed by atoms with Crippen LogP contribution >= 0.6 is 0 Å². The molecular formula is C9H16NO+. The first-order valence-corrected chi connectivity index (χ1v) is 4.52. The van der Waals surface area contributed by atoms with E-state index in [9.17, 15) is 0 Å². The van der Waals surface area contributed by atoms with Crippen molar-refractivity contribution in [1.29, 1.82) is 0 Å². The zero-order valence-electron chi connectivity index (χ0n) is 7.29. The number of rotatable bonds is 1. The molecule has 2 aliphatic heterocycles. The predicted molar refractivity (Wildman–Crippen MR) is 44.2 cm³/mol. The molecule has 2 rings (SSSR count). The molecule has 1 saturated heterocycles. The summed E-state index contributed by atoms with van der Waals surface area (Å²) in [5, 5.41) is 0. The van der Waals surface area contributed by atoms with Crippen LogP contribution in [0.3, 0.4) is 0 Å². The van der Waals surface area contributed by atoms with E-state index in [-0.39, 0.29) is 0 Å². The summed E-state index contributed by atoms with van der Waals surface area (Å²) in [6, 6.07) is 0.641. The Bertz CT molecular complexity index is 186. The fraction of sp³-hybridized carbons (Fsp3) is 0.889. The second kappa shape index (κ2) is 2.59. The van der Waals surface area contributed by atoms with Gasteiger partial charge >= 0.3 is 0 Å². The van der Waals surface area contributed by atoms with Gasteiger partial charge in [-0.3, -0.25) is 0 Å². The number of fused-ring (bicyclic) bond motifs is 2. The van der Waals surface area contributed by atoms with E-state index < -0.39 is 0 Å². The van der Waals surface area contributed by atoms with Crippen molar-refractivity contribution in [3.05, 3.63) is 0 Å². The number of hydrogen-bond donors (Lipinski definition) is 0. The molecule has 0 aromatic rings. The van der Waals surface area contributed by atoms with Gasteiger partial charge in [0.15, 0.2) is 12.8 Å². The number of nitrogens with zero attached hydrogens (tertiary/aromatic N) is 1. The van der Waals surface area contributed by atoms with Crippen molar-refractivity contribution in [3.8, 4) is 0 Å². The smallest absolute Gasteiger partial charge is 0.169 e. The quantitative estimate of drug-likeness (QED) is 0.514. The number of hydrogen-bond acceptors (Lipinski definition) is 1. The Morgan fingerprint density at radius 1 is 1.45 bits per heavy atom. The summed E-state index contributed by atoms with van der Waals surface area (Å²) in [7, 11) is 0. The maximum atomic E-state index is 5.68. The topological polar surface area (TPSA) is 12.2 Å². The van der Waals surface area contributed by atoms with Crippen LogP contribution in [0.5, 0.6) is 0 Å². The van der Waals surface area contributed by atoms with Crippen LogP contribution in [0.15, 0.2) is 0 Å². The lowest BCUT2D eigenvalue weighted by Gasteiger charge is -2.17. The molecule has 0 aromatic heterocycles. The van der Waals surface area contributed by atoms with Crippen LogP contribution in [0.1, 0.15) is 26.7 Å². The molecule has 2 unspecified atom stereocenters. The van der Waals surface area contributed by atoms with E-state index >= 15 is 0 Å². The Morgan fingerprint density at radius 3 is 2.91 bits per heavy atom. The van der Waals surface area contributed by atoms with E-state index in [1.165, 1.54) is 12.8 Å². The molecule has 2 bridgehead atoms. The van der Waals surface area contributed by atoms with Crippen LogP contribution in [-0.4, -0.2) is 35.6 Å². The average molecular weight is 154 g/mol. The molecule has 2 nitrogen and oxygen atoms in total. The van der Waals surface area contributed by atoms with Crippen LogP contribution < -0.4 is 0 Å². The first-order chi connectivity index (χ1) is 5.25. The highest BCUT2D eigenvalue weighted by atomic mass is 16.5. The predicted octanol–water partition coefficient (Wildman–Crippen LogP) is 1.04. The van der Waals surface area contributed by atoms with Crippen LogP contribution in [0, 0.1) is 0 Å². The van der Waals surface area contributed by atoms with E-state index in [0.29, 0.717) is 18.2 Å². The second-order valence-electron chi connectivity index (χ2n) is 3.81. The van der Waals surface area contributed by atoms with Crippen LogP contribution in [0.4, 0.5) is 0 Å². The van der Waals surface area contributed by atoms with Crippen molar-refractivity contribution >= 4 is 6.21 Å². The maximum Gasteiger partial charge on any atom is 0.169 e. The van der Waals surface area contributed by atoms with Gasteiger partial charge in [0.1, 0.15) is 18.2 Å². The SMILES string of the molecule is CC(C)[N+]1=CC2CCC(C1)O2. The molecule has 2 aliphatic rings. The van der Waals surface area contributed by atoms with E-state index in [0.717, 1.165) is 6.54 Å². The molecule has 0 N–H and O–H groups in total.